The highest BCUT2D eigenvalue weighted by atomic mass is 16.5. The minimum Gasteiger partial charge on any atom is -0.494 e. The van der Waals surface area contributed by atoms with Gasteiger partial charge in [0, 0.05) is 11.6 Å². The first kappa shape index (κ1) is 21.5. The molecule has 0 spiro atoms. The van der Waals surface area contributed by atoms with Crippen LogP contribution in [0.25, 0.3) is 6.08 Å². The second kappa shape index (κ2) is 12.8. The number of rotatable bonds is 12. The Morgan fingerprint density at radius 1 is 1.00 bits per heavy atom. The summed E-state index contributed by atoms with van der Waals surface area (Å²) in [6.07, 6.45) is 6.92. The van der Waals surface area contributed by atoms with E-state index in [0.29, 0.717) is 25.4 Å². The predicted octanol–water partition coefficient (Wildman–Crippen LogP) is 4.32. The SMILES string of the molecule is C=C(C)C(=O)OCCCCCCOc1ccc(C=CC(=O)OCC)cc1. The molecule has 0 radical (unpaired) electrons. The quantitative estimate of drug-likeness (QED) is 0.315. The number of hydrogen-bond donors (Lipinski definition) is 0. The molecular formula is C21H28O5. The van der Waals surface area contributed by atoms with E-state index in [1.807, 2.05) is 24.3 Å². The molecule has 0 aromatic heterocycles. The smallest absolute Gasteiger partial charge is 0.333 e. The Labute approximate surface area is 155 Å². The van der Waals surface area contributed by atoms with Crippen molar-refractivity contribution >= 4 is 18.0 Å². The molecular weight excluding hydrogens is 332 g/mol. The molecule has 0 heterocycles. The average Bonchev–Trinajstić information content (AvgIpc) is 2.63. The van der Waals surface area contributed by atoms with E-state index in [2.05, 4.69) is 6.58 Å². The molecule has 1 aromatic rings. The van der Waals surface area contributed by atoms with Gasteiger partial charge in [-0.15, -0.1) is 0 Å². The second-order valence-corrected chi connectivity index (χ2v) is 5.83. The van der Waals surface area contributed by atoms with Crippen LogP contribution in [0.15, 0.2) is 42.5 Å². The van der Waals surface area contributed by atoms with Gasteiger partial charge in [-0.3, -0.25) is 0 Å². The Hall–Kier alpha value is -2.56. The summed E-state index contributed by atoms with van der Waals surface area (Å²) >= 11 is 0. The van der Waals surface area contributed by atoms with Crippen molar-refractivity contribution in [3.8, 4) is 5.75 Å². The van der Waals surface area contributed by atoms with Crippen molar-refractivity contribution in [1.29, 1.82) is 0 Å². The highest BCUT2D eigenvalue weighted by Gasteiger charge is 2.02. The summed E-state index contributed by atoms with van der Waals surface area (Å²) in [5.74, 6) is 0.129. The highest BCUT2D eigenvalue weighted by molar-refractivity contribution is 5.87. The Bertz CT molecular complexity index is 601. The number of hydrogen-bond acceptors (Lipinski definition) is 5. The molecule has 1 aromatic carbocycles. The summed E-state index contributed by atoms with van der Waals surface area (Å²) in [5.41, 5.74) is 1.34. The minimum atomic E-state index is -0.345. The molecule has 1 rings (SSSR count). The Morgan fingerprint density at radius 2 is 1.65 bits per heavy atom. The fourth-order valence-electron chi connectivity index (χ4n) is 2.07. The predicted molar refractivity (Wildman–Crippen MR) is 102 cm³/mol. The number of carbonyl (C=O) groups excluding carboxylic acids is 2. The summed E-state index contributed by atoms with van der Waals surface area (Å²) < 4.78 is 15.6. The average molecular weight is 360 g/mol. The van der Waals surface area contributed by atoms with Gasteiger partial charge in [0.05, 0.1) is 19.8 Å². The molecule has 0 amide bonds. The van der Waals surface area contributed by atoms with Crippen molar-refractivity contribution in [3.63, 3.8) is 0 Å². The molecule has 0 aliphatic heterocycles. The zero-order valence-corrected chi connectivity index (χ0v) is 15.7. The van der Waals surface area contributed by atoms with E-state index in [0.717, 1.165) is 37.0 Å². The number of carbonyl (C=O) groups is 2. The second-order valence-electron chi connectivity index (χ2n) is 5.83. The molecule has 0 saturated carbocycles. The topological polar surface area (TPSA) is 61.8 Å². The van der Waals surface area contributed by atoms with Crippen LogP contribution in [0.2, 0.25) is 0 Å². The van der Waals surface area contributed by atoms with Crippen molar-refractivity contribution in [2.45, 2.75) is 39.5 Å². The molecule has 142 valence electrons. The van der Waals surface area contributed by atoms with Crippen molar-refractivity contribution in [2.75, 3.05) is 19.8 Å². The van der Waals surface area contributed by atoms with Crippen LogP contribution in [0, 0.1) is 0 Å². The first-order valence-corrected chi connectivity index (χ1v) is 8.93. The van der Waals surface area contributed by atoms with Crippen LogP contribution in [0.1, 0.15) is 45.1 Å². The third-order valence-electron chi connectivity index (χ3n) is 3.47. The van der Waals surface area contributed by atoms with Gasteiger partial charge in [0.25, 0.3) is 0 Å². The van der Waals surface area contributed by atoms with E-state index < -0.39 is 0 Å². The summed E-state index contributed by atoms with van der Waals surface area (Å²) in [7, 11) is 0. The lowest BCUT2D eigenvalue weighted by Crippen LogP contribution is -2.06. The monoisotopic (exact) mass is 360 g/mol. The molecule has 0 N–H and O–H groups in total. The van der Waals surface area contributed by atoms with Gasteiger partial charge in [0.15, 0.2) is 0 Å². The molecule has 0 bridgehead atoms. The van der Waals surface area contributed by atoms with Crippen LogP contribution in [0.5, 0.6) is 5.75 Å². The minimum absolute atomic E-state index is 0.325. The van der Waals surface area contributed by atoms with E-state index in [1.54, 1.807) is 19.9 Å². The van der Waals surface area contributed by atoms with Gasteiger partial charge in [-0.05, 0) is 63.3 Å². The van der Waals surface area contributed by atoms with Gasteiger partial charge in [-0.1, -0.05) is 18.7 Å². The van der Waals surface area contributed by atoms with E-state index >= 15 is 0 Å². The maximum Gasteiger partial charge on any atom is 0.333 e. The molecule has 0 saturated heterocycles. The zero-order valence-electron chi connectivity index (χ0n) is 15.7. The lowest BCUT2D eigenvalue weighted by Gasteiger charge is -2.07. The maximum atomic E-state index is 11.3. The normalized spacial score (nSPS) is 10.5. The highest BCUT2D eigenvalue weighted by Crippen LogP contribution is 2.14. The molecule has 0 aliphatic rings. The molecule has 0 aliphatic carbocycles. The Morgan fingerprint density at radius 3 is 2.27 bits per heavy atom. The van der Waals surface area contributed by atoms with Crippen LogP contribution in [-0.4, -0.2) is 31.8 Å². The number of unbranched alkanes of at least 4 members (excludes halogenated alkanes) is 3. The van der Waals surface area contributed by atoms with Crippen LogP contribution < -0.4 is 4.74 Å². The van der Waals surface area contributed by atoms with Crippen LogP contribution in [0.4, 0.5) is 0 Å². The lowest BCUT2D eigenvalue weighted by atomic mass is 10.2. The van der Waals surface area contributed by atoms with E-state index in [4.69, 9.17) is 14.2 Å². The number of benzene rings is 1. The van der Waals surface area contributed by atoms with Crippen molar-refractivity contribution in [3.05, 3.63) is 48.1 Å². The third kappa shape index (κ3) is 9.67. The van der Waals surface area contributed by atoms with Gasteiger partial charge in [-0.2, -0.15) is 0 Å². The van der Waals surface area contributed by atoms with Crippen molar-refractivity contribution < 1.29 is 23.8 Å². The van der Waals surface area contributed by atoms with E-state index in [1.165, 1.54) is 6.08 Å². The van der Waals surface area contributed by atoms with Crippen LogP contribution in [0.3, 0.4) is 0 Å². The Balaban J connectivity index is 2.13. The number of esters is 2. The first-order valence-electron chi connectivity index (χ1n) is 8.93. The fourth-order valence-corrected chi connectivity index (χ4v) is 2.07. The standard InChI is InChI=1S/C21H28O5/c1-4-24-20(22)14-11-18-9-12-19(13-10-18)25-15-7-5-6-8-16-26-21(23)17(2)3/h9-14H,2,4-8,15-16H2,1,3H3. The molecule has 0 fully saturated rings. The largest absolute Gasteiger partial charge is 0.494 e. The summed E-state index contributed by atoms with van der Waals surface area (Å²) in [6, 6.07) is 7.53. The van der Waals surface area contributed by atoms with Gasteiger partial charge in [0.2, 0.25) is 0 Å². The van der Waals surface area contributed by atoms with Gasteiger partial charge in [-0.25, -0.2) is 9.59 Å². The Kier molecular flexibility index (Phi) is 10.5. The third-order valence-corrected chi connectivity index (χ3v) is 3.47. The maximum absolute atomic E-state index is 11.3. The summed E-state index contributed by atoms with van der Waals surface area (Å²) in [5, 5.41) is 0. The molecule has 5 heteroatoms. The van der Waals surface area contributed by atoms with Gasteiger partial charge >= 0.3 is 11.9 Å². The van der Waals surface area contributed by atoms with Crippen molar-refractivity contribution in [1.82, 2.24) is 0 Å². The molecule has 5 nitrogen and oxygen atoms in total. The summed E-state index contributed by atoms with van der Waals surface area (Å²) in [6.45, 7) is 8.41. The van der Waals surface area contributed by atoms with E-state index in [9.17, 15) is 9.59 Å². The van der Waals surface area contributed by atoms with Crippen LogP contribution >= 0.6 is 0 Å². The van der Waals surface area contributed by atoms with Crippen LogP contribution in [-0.2, 0) is 19.1 Å². The molecule has 0 unspecified atom stereocenters. The fraction of sp³-hybridized carbons (Fsp3) is 0.429. The van der Waals surface area contributed by atoms with Crippen molar-refractivity contribution in [2.24, 2.45) is 0 Å². The van der Waals surface area contributed by atoms with Gasteiger partial charge in [0.1, 0.15) is 5.75 Å². The molecule has 26 heavy (non-hydrogen) atoms. The summed E-state index contributed by atoms with van der Waals surface area (Å²) in [4.78, 5) is 22.4. The molecule has 0 atom stereocenters. The lowest BCUT2D eigenvalue weighted by molar-refractivity contribution is -0.139. The number of ether oxygens (including phenoxy) is 3. The van der Waals surface area contributed by atoms with Gasteiger partial charge < -0.3 is 14.2 Å². The zero-order chi connectivity index (χ0) is 19.2. The van der Waals surface area contributed by atoms with E-state index in [-0.39, 0.29) is 11.9 Å². The first-order chi connectivity index (χ1) is 12.5.